The minimum Gasteiger partial charge on any atom is -0.317 e. The number of nitrogens with one attached hydrogen (secondary N) is 1. The summed E-state index contributed by atoms with van der Waals surface area (Å²) in [6.45, 7) is 2.92. The molecular formula is C11H19N3O. The summed E-state index contributed by atoms with van der Waals surface area (Å²) in [5.74, 6) is 0. The smallest absolute Gasteiger partial charge is 0.317 e. The summed E-state index contributed by atoms with van der Waals surface area (Å²) in [4.78, 5) is 15.0. The van der Waals surface area contributed by atoms with Gasteiger partial charge in [-0.25, -0.2) is 9.78 Å². The SMILES string of the molecule is CCC(CCCn1cccnc1=O)NC. The summed E-state index contributed by atoms with van der Waals surface area (Å²) < 4.78 is 1.66. The van der Waals surface area contributed by atoms with Gasteiger partial charge in [-0.15, -0.1) is 0 Å². The molecule has 1 aromatic heterocycles. The van der Waals surface area contributed by atoms with Crippen LogP contribution in [-0.4, -0.2) is 22.6 Å². The number of nitrogens with zero attached hydrogens (tertiary/aromatic N) is 2. The van der Waals surface area contributed by atoms with Crippen LogP contribution in [0.2, 0.25) is 0 Å². The van der Waals surface area contributed by atoms with E-state index in [-0.39, 0.29) is 5.69 Å². The number of hydrogen-bond acceptors (Lipinski definition) is 3. The van der Waals surface area contributed by atoms with Crippen LogP contribution < -0.4 is 11.0 Å². The van der Waals surface area contributed by atoms with Gasteiger partial charge in [-0.2, -0.15) is 0 Å². The van der Waals surface area contributed by atoms with Gasteiger partial charge in [0.25, 0.3) is 0 Å². The van der Waals surface area contributed by atoms with Gasteiger partial charge in [-0.3, -0.25) is 4.57 Å². The molecule has 1 rings (SSSR count). The van der Waals surface area contributed by atoms with Crippen molar-refractivity contribution in [1.29, 1.82) is 0 Å². The lowest BCUT2D eigenvalue weighted by Crippen LogP contribution is -2.26. The molecular weight excluding hydrogens is 190 g/mol. The van der Waals surface area contributed by atoms with Gasteiger partial charge in [-0.1, -0.05) is 6.92 Å². The van der Waals surface area contributed by atoms with E-state index >= 15 is 0 Å². The van der Waals surface area contributed by atoms with Crippen molar-refractivity contribution in [1.82, 2.24) is 14.9 Å². The Balaban J connectivity index is 2.38. The van der Waals surface area contributed by atoms with Crippen LogP contribution in [0.4, 0.5) is 0 Å². The van der Waals surface area contributed by atoms with E-state index in [0.29, 0.717) is 6.04 Å². The fraction of sp³-hybridized carbons (Fsp3) is 0.636. The average Bonchev–Trinajstić information content (AvgIpc) is 2.27. The molecule has 0 radical (unpaired) electrons. The summed E-state index contributed by atoms with van der Waals surface area (Å²) in [5, 5.41) is 3.25. The molecule has 0 fully saturated rings. The second-order valence-electron chi connectivity index (χ2n) is 3.63. The monoisotopic (exact) mass is 209 g/mol. The van der Waals surface area contributed by atoms with Gasteiger partial charge < -0.3 is 5.32 Å². The lowest BCUT2D eigenvalue weighted by molar-refractivity contribution is 0.463. The second kappa shape index (κ2) is 6.35. The van der Waals surface area contributed by atoms with Gasteiger partial charge in [0.15, 0.2) is 0 Å². The molecule has 0 saturated carbocycles. The molecule has 1 N–H and O–H groups in total. The first-order valence-electron chi connectivity index (χ1n) is 5.46. The molecule has 0 saturated heterocycles. The van der Waals surface area contributed by atoms with Crippen LogP contribution in [0.5, 0.6) is 0 Å². The summed E-state index contributed by atoms with van der Waals surface area (Å²) in [6.07, 6.45) is 6.54. The molecule has 0 aromatic carbocycles. The van der Waals surface area contributed by atoms with Crippen LogP contribution in [-0.2, 0) is 6.54 Å². The normalized spacial score (nSPS) is 12.7. The predicted molar refractivity (Wildman–Crippen MR) is 60.9 cm³/mol. The standard InChI is InChI=1S/C11H19N3O/c1-3-10(12-2)6-4-8-14-9-5-7-13-11(14)15/h5,7,9-10,12H,3-4,6,8H2,1-2H3. The number of aromatic nitrogens is 2. The van der Waals surface area contributed by atoms with E-state index in [1.807, 2.05) is 7.05 Å². The second-order valence-corrected chi connectivity index (χ2v) is 3.63. The zero-order chi connectivity index (χ0) is 11.1. The van der Waals surface area contributed by atoms with E-state index in [0.717, 1.165) is 25.8 Å². The van der Waals surface area contributed by atoms with Crippen molar-refractivity contribution in [2.24, 2.45) is 0 Å². The van der Waals surface area contributed by atoms with Gasteiger partial charge in [0.05, 0.1) is 0 Å². The van der Waals surface area contributed by atoms with Crippen molar-refractivity contribution in [3.63, 3.8) is 0 Å². The Bertz CT molecular complexity index is 331. The van der Waals surface area contributed by atoms with E-state index in [1.54, 1.807) is 16.8 Å². The minimum atomic E-state index is -0.157. The third-order valence-corrected chi connectivity index (χ3v) is 2.64. The quantitative estimate of drug-likeness (QED) is 0.761. The molecule has 4 heteroatoms. The molecule has 1 aromatic rings. The molecule has 0 bridgehead atoms. The molecule has 0 aliphatic heterocycles. The van der Waals surface area contributed by atoms with Gasteiger partial charge in [-0.05, 0) is 32.4 Å². The fourth-order valence-corrected chi connectivity index (χ4v) is 1.62. The van der Waals surface area contributed by atoms with Crippen LogP contribution >= 0.6 is 0 Å². The molecule has 0 aliphatic carbocycles. The molecule has 84 valence electrons. The van der Waals surface area contributed by atoms with Gasteiger partial charge in [0.1, 0.15) is 0 Å². The van der Waals surface area contributed by atoms with Crippen LogP contribution in [0.3, 0.4) is 0 Å². The van der Waals surface area contributed by atoms with Crippen LogP contribution in [0.25, 0.3) is 0 Å². The van der Waals surface area contributed by atoms with Crippen molar-refractivity contribution in [3.8, 4) is 0 Å². The van der Waals surface area contributed by atoms with Crippen molar-refractivity contribution in [2.45, 2.75) is 38.8 Å². The lowest BCUT2D eigenvalue weighted by atomic mass is 10.1. The molecule has 1 atom stereocenters. The van der Waals surface area contributed by atoms with Gasteiger partial charge in [0, 0.05) is 25.0 Å². The van der Waals surface area contributed by atoms with Crippen molar-refractivity contribution in [3.05, 3.63) is 28.9 Å². The summed E-state index contributed by atoms with van der Waals surface area (Å²) in [7, 11) is 1.98. The average molecular weight is 209 g/mol. The first-order valence-corrected chi connectivity index (χ1v) is 5.46. The lowest BCUT2D eigenvalue weighted by Gasteiger charge is -2.13. The van der Waals surface area contributed by atoms with Crippen molar-refractivity contribution in [2.75, 3.05) is 7.05 Å². The van der Waals surface area contributed by atoms with E-state index in [9.17, 15) is 4.79 Å². The minimum absolute atomic E-state index is 0.157. The Hall–Kier alpha value is -1.16. The van der Waals surface area contributed by atoms with E-state index < -0.39 is 0 Å². The van der Waals surface area contributed by atoms with Crippen LogP contribution in [0.1, 0.15) is 26.2 Å². The zero-order valence-corrected chi connectivity index (χ0v) is 9.44. The number of aryl methyl sites for hydroxylation is 1. The highest BCUT2D eigenvalue weighted by Crippen LogP contribution is 2.01. The highest BCUT2D eigenvalue weighted by Gasteiger charge is 2.02. The molecule has 4 nitrogen and oxygen atoms in total. The topological polar surface area (TPSA) is 46.9 Å². The molecule has 0 aliphatic rings. The maximum absolute atomic E-state index is 11.3. The third kappa shape index (κ3) is 3.83. The molecule has 0 spiro atoms. The first-order chi connectivity index (χ1) is 7.27. The molecule has 0 amide bonds. The Morgan fingerprint density at radius 1 is 1.60 bits per heavy atom. The Morgan fingerprint density at radius 2 is 2.40 bits per heavy atom. The largest absolute Gasteiger partial charge is 0.347 e. The zero-order valence-electron chi connectivity index (χ0n) is 9.44. The highest BCUT2D eigenvalue weighted by atomic mass is 16.1. The fourth-order valence-electron chi connectivity index (χ4n) is 1.62. The molecule has 15 heavy (non-hydrogen) atoms. The predicted octanol–water partition coefficient (Wildman–Crippen LogP) is 1.02. The molecule has 1 heterocycles. The maximum Gasteiger partial charge on any atom is 0.347 e. The summed E-state index contributed by atoms with van der Waals surface area (Å²) in [6, 6.07) is 2.34. The van der Waals surface area contributed by atoms with E-state index in [2.05, 4.69) is 17.2 Å². The maximum atomic E-state index is 11.3. The highest BCUT2D eigenvalue weighted by molar-refractivity contribution is 4.80. The summed E-state index contributed by atoms with van der Waals surface area (Å²) in [5.41, 5.74) is -0.157. The van der Waals surface area contributed by atoms with E-state index in [4.69, 9.17) is 0 Å². The Morgan fingerprint density at radius 3 is 3.00 bits per heavy atom. The van der Waals surface area contributed by atoms with Crippen LogP contribution in [0.15, 0.2) is 23.3 Å². The van der Waals surface area contributed by atoms with Crippen molar-refractivity contribution < 1.29 is 0 Å². The molecule has 1 unspecified atom stereocenters. The van der Waals surface area contributed by atoms with Crippen LogP contribution in [0, 0.1) is 0 Å². The Kier molecular flexibility index (Phi) is 5.04. The number of hydrogen-bond donors (Lipinski definition) is 1. The first kappa shape index (κ1) is 11.9. The van der Waals surface area contributed by atoms with Crippen molar-refractivity contribution >= 4 is 0 Å². The number of rotatable bonds is 6. The Labute approximate surface area is 90.3 Å². The van der Waals surface area contributed by atoms with Gasteiger partial charge >= 0.3 is 5.69 Å². The van der Waals surface area contributed by atoms with Gasteiger partial charge in [0.2, 0.25) is 0 Å². The summed E-state index contributed by atoms with van der Waals surface area (Å²) >= 11 is 0. The third-order valence-electron chi connectivity index (χ3n) is 2.64. The van der Waals surface area contributed by atoms with E-state index in [1.165, 1.54) is 6.20 Å².